The van der Waals surface area contributed by atoms with Crippen molar-refractivity contribution in [3.05, 3.63) is 11.6 Å². The lowest BCUT2D eigenvalue weighted by Crippen LogP contribution is -2.18. The predicted octanol–water partition coefficient (Wildman–Crippen LogP) is 1.71. The van der Waals surface area contributed by atoms with E-state index in [9.17, 15) is 14.4 Å². The summed E-state index contributed by atoms with van der Waals surface area (Å²) in [7, 11) is 0. The molecule has 0 amide bonds. The Labute approximate surface area is 100 Å². The van der Waals surface area contributed by atoms with E-state index in [2.05, 4.69) is 0 Å². The minimum Gasteiger partial charge on any atom is -0.478 e. The third-order valence-corrected chi connectivity index (χ3v) is 2.17. The van der Waals surface area contributed by atoms with Gasteiger partial charge in [0.2, 0.25) is 0 Å². The molecule has 1 atom stereocenters. The van der Waals surface area contributed by atoms with Crippen molar-refractivity contribution in [1.82, 2.24) is 0 Å². The average Bonchev–Trinajstić information content (AvgIpc) is 2.22. The van der Waals surface area contributed by atoms with Gasteiger partial charge in [-0.05, 0) is 20.3 Å². The molecule has 0 aromatic heterocycles. The van der Waals surface area contributed by atoms with E-state index in [0.717, 1.165) is 0 Å². The second-order valence-corrected chi connectivity index (χ2v) is 3.83. The molecule has 1 N–H and O–H groups in total. The van der Waals surface area contributed by atoms with Crippen LogP contribution in [0.1, 0.15) is 40.0 Å². The van der Waals surface area contributed by atoms with Crippen LogP contribution in [0, 0.1) is 0 Å². The van der Waals surface area contributed by atoms with Crippen LogP contribution in [0.3, 0.4) is 0 Å². The van der Waals surface area contributed by atoms with Gasteiger partial charge in [-0.2, -0.15) is 0 Å². The van der Waals surface area contributed by atoms with Crippen LogP contribution >= 0.6 is 0 Å². The van der Waals surface area contributed by atoms with Crippen LogP contribution in [0.2, 0.25) is 0 Å². The minimum absolute atomic E-state index is 0.214. The topological polar surface area (TPSA) is 80.7 Å². The number of carboxylic acid groups (broad SMARTS) is 1. The first-order valence-electron chi connectivity index (χ1n) is 5.45. The number of carbonyl (C=O) groups is 3. The van der Waals surface area contributed by atoms with Crippen molar-refractivity contribution in [2.24, 2.45) is 0 Å². The summed E-state index contributed by atoms with van der Waals surface area (Å²) in [5, 5.41) is 8.65. The summed E-state index contributed by atoms with van der Waals surface area (Å²) in [5.74, 6) is -1.80. The molecule has 96 valence electrons. The highest BCUT2D eigenvalue weighted by molar-refractivity contribution is 5.94. The van der Waals surface area contributed by atoms with Crippen molar-refractivity contribution < 1.29 is 24.2 Å². The van der Waals surface area contributed by atoms with Crippen LogP contribution in [0.15, 0.2) is 11.6 Å². The van der Waals surface area contributed by atoms with E-state index in [-0.39, 0.29) is 23.9 Å². The van der Waals surface area contributed by atoms with Crippen LogP contribution in [0.5, 0.6) is 0 Å². The molecule has 17 heavy (non-hydrogen) atoms. The predicted molar refractivity (Wildman–Crippen MR) is 61.5 cm³/mol. The molecule has 0 saturated carbocycles. The molecule has 5 nitrogen and oxygen atoms in total. The molecular weight excluding hydrogens is 224 g/mol. The number of aliphatic carboxylic acids is 1. The van der Waals surface area contributed by atoms with E-state index in [1.54, 1.807) is 0 Å². The van der Waals surface area contributed by atoms with Gasteiger partial charge in [-0.15, -0.1) is 0 Å². The second-order valence-electron chi connectivity index (χ2n) is 3.83. The number of rotatable bonds is 7. The van der Waals surface area contributed by atoms with Gasteiger partial charge in [-0.3, -0.25) is 9.59 Å². The number of carboxylic acids is 1. The normalized spacial score (nSPS) is 13.0. The summed E-state index contributed by atoms with van der Waals surface area (Å²) in [4.78, 5) is 32.5. The zero-order valence-corrected chi connectivity index (χ0v) is 10.4. The summed E-state index contributed by atoms with van der Waals surface area (Å²) >= 11 is 0. The molecule has 0 rings (SSSR count). The number of hydrogen-bond donors (Lipinski definition) is 1. The number of Topliss-reactive ketones (excluding diaryl/α,β-unsaturated/α-hetero) is 1. The third kappa shape index (κ3) is 7.27. The lowest BCUT2D eigenvalue weighted by Gasteiger charge is -2.14. The van der Waals surface area contributed by atoms with Gasteiger partial charge in [0.1, 0.15) is 18.3 Å². The van der Waals surface area contributed by atoms with Crippen molar-refractivity contribution in [1.29, 1.82) is 0 Å². The first-order chi connectivity index (χ1) is 7.86. The molecular formula is C12H18O5. The van der Waals surface area contributed by atoms with E-state index in [1.165, 1.54) is 19.9 Å². The lowest BCUT2D eigenvalue weighted by atomic mass is 10.1. The molecule has 0 aliphatic carbocycles. The van der Waals surface area contributed by atoms with Gasteiger partial charge < -0.3 is 9.84 Å². The fourth-order valence-corrected chi connectivity index (χ4v) is 1.12. The summed E-state index contributed by atoms with van der Waals surface area (Å²) in [6.07, 6.45) is 1.82. The Morgan fingerprint density at radius 2 is 1.88 bits per heavy atom. The van der Waals surface area contributed by atoms with Crippen molar-refractivity contribution in [3.63, 3.8) is 0 Å². The first kappa shape index (κ1) is 15.3. The highest BCUT2D eigenvalue weighted by Crippen LogP contribution is 2.08. The fraction of sp³-hybridized carbons (Fsp3) is 0.583. The first-order valence-corrected chi connectivity index (χ1v) is 5.45. The van der Waals surface area contributed by atoms with Crippen molar-refractivity contribution in [2.75, 3.05) is 0 Å². The van der Waals surface area contributed by atoms with E-state index < -0.39 is 11.9 Å². The molecule has 0 aliphatic rings. The van der Waals surface area contributed by atoms with E-state index in [4.69, 9.17) is 9.84 Å². The van der Waals surface area contributed by atoms with Gasteiger partial charge in [0.15, 0.2) is 0 Å². The second kappa shape index (κ2) is 7.60. The quantitative estimate of drug-likeness (QED) is 0.417. The molecule has 0 aromatic rings. The SMILES string of the molecule is CCC(CC=C(C)C(=O)O)OC(=O)CC(C)=O. The Bertz CT molecular complexity index is 330. The molecule has 0 spiro atoms. The van der Waals surface area contributed by atoms with Crippen LogP contribution in [-0.2, 0) is 19.1 Å². The maximum Gasteiger partial charge on any atom is 0.330 e. The summed E-state index contributed by atoms with van der Waals surface area (Å²) in [6, 6.07) is 0. The Morgan fingerprint density at radius 1 is 1.29 bits per heavy atom. The largest absolute Gasteiger partial charge is 0.478 e. The third-order valence-electron chi connectivity index (χ3n) is 2.17. The smallest absolute Gasteiger partial charge is 0.330 e. The minimum atomic E-state index is -0.991. The summed E-state index contributed by atoms with van der Waals surface area (Å²) in [6.45, 7) is 4.62. The van der Waals surface area contributed by atoms with Gasteiger partial charge in [0.05, 0.1) is 0 Å². The molecule has 0 bridgehead atoms. The maximum absolute atomic E-state index is 11.2. The van der Waals surface area contributed by atoms with E-state index >= 15 is 0 Å². The average molecular weight is 242 g/mol. The monoisotopic (exact) mass is 242 g/mol. The van der Waals surface area contributed by atoms with Crippen molar-refractivity contribution in [3.8, 4) is 0 Å². The number of hydrogen-bond acceptors (Lipinski definition) is 4. The molecule has 0 fully saturated rings. The van der Waals surface area contributed by atoms with Crippen molar-refractivity contribution >= 4 is 17.7 Å². The number of ketones is 1. The van der Waals surface area contributed by atoms with Gasteiger partial charge >= 0.3 is 11.9 Å². The summed E-state index contributed by atoms with van der Waals surface area (Å²) in [5.41, 5.74) is 0.214. The maximum atomic E-state index is 11.2. The van der Waals surface area contributed by atoms with E-state index in [0.29, 0.717) is 12.8 Å². The Hall–Kier alpha value is -1.65. The standard InChI is InChI=1S/C12H18O5/c1-4-10(6-5-8(2)12(15)16)17-11(14)7-9(3)13/h5,10H,4,6-7H2,1-3H3,(H,15,16). The molecule has 0 saturated heterocycles. The molecule has 5 heteroatoms. The highest BCUT2D eigenvalue weighted by atomic mass is 16.5. The zero-order valence-electron chi connectivity index (χ0n) is 10.4. The van der Waals surface area contributed by atoms with E-state index in [1.807, 2.05) is 6.92 Å². The molecule has 0 heterocycles. The van der Waals surface area contributed by atoms with Crippen LogP contribution in [0.4, 0.5) is 0 Å². The molecule has 0 aliphatic heterocycles. The van der Waals surface area contributed by atoms with Crippen LogP contribution in [-0.4, -0.2) is 28.9 Å². The van der Waals surface area contributed by atoms with Crippen molar-refractivity contribution in [2.45, 2.75) is 46.1 Å². The number of carbonyl (C=O) groups excluding carboxylic acids is 2. The number of esters is 1. The fourth-order valence-electron chi connectivity index (χ4n) is 1.12. The molecule has 1 unspecified atom stereocenters. The van der Waals surface area contributed by atoms with Crippen LogP contribution in [0.25, 0.3) is 0 Å². The Balaban J connectivity index is 4.26. The molecule has 0 aromatic carbocycles. The highest BCUT2D eigenvalue weighted by Gasteiger charge is 2.13. The van der Waals surface area contributed by atoms with Gasteiger partial charge in [0, 0.05) is 12.0 Å². The lowest BCUT2D eigenvalue weighted by molar-refractivity contribution is -0.150. The van der Waals surface area contributed by atoms with Gasteiger partial charge in [-0.1, -0.05) is 13.0 Å². The van der Waals surface area contributed by atoms with Gasteiger partial charge in [-0.25, -0.2) is 4.79 Å². The van der Waals surface area contributed by atoms with Gasteiger partial charge in [0.25, 0.3) is 0 Å². The zero-order chi connectivity index (χ0) is 13.4. The van der Waals surface area contributed by atoms with Crippen LogP contribution < -0.4 is 0 Å². The molecule has 0 radical (unpaired) electrons. The number of ether oxygens (including phenoxy) is 1. The Morgan fingerprint density at radius 3 is 2.29 bits per heavy atom. The summed E-state index contributed by atoms with van der Waals surface area (Å²) < 4.78 is 5.04. The Kier molecular flexibility index (Phi) is 6.86.